The summed E-state index contributed by atoms with van der Waals surface area (Å²) in [6.07, 6.45) is 1.05. The molecule has 0 aliphatic heterocycles. The molecule has 0 aliphatic rings. The average Bonchev–Trinajstić information content (AvgIpc) is 2.65. The van der Waals surface area contributed by atoms with Crippen LogP contribution < -0.4 is 19.5 Å². The van der Waals surface area contributed by atoms with Crippen molar-refractivity contribution in [3.63, 3.8) is 0 Å². The zero-order valence-electron chi connectivity index (χ0n) is 15.9. The Morgan fingerprint density at radius 3 is 2.41 bits per heavy atom. The Bertz CT molecular complexity index is 1020. The van der Waals surface area contributed by atoms with Crippen molar-refractivity contribution in [2.75, 3.05) is 33.6 Å². The molecule has 0 fully saturated rings. The first kappa shape index (κ1) is 22.2. The van der Waals surface area contributed by atoms with Crippen LogP contribution in [0.1, 0.15) is 10.4 Å². The Labute approximate surface area is 172 Å². The van der Waals surface area contributed by atoms with E-state index in [1.807, 2.05) is 0 Å². The smallest absolute Gasteiger partial charge is 0.334 e. The molecule has 2 rings (SSSR count). The number of methoxy groups -OCH3 is 2. The number of urea groups is 1. The van der Waals surface area contributed by atoms with Gasteiger partial charge in [0.15, 0.2) is 5.03 Å². The summed E-state index contributed by atoms with van der Waals surface area (Å²) >= 11 is 5.83. The maximum Gasteiger partial charge on any atom is 0.334 e. The van der Waals surface area contributed by atoms with Crippen molar-refractivity contribution in [3.05, 3.63) is 35.0 Å². The average molecular weight is 444 g/mol. The standard InChI is InChI=1S/C16H18ClN5O6S/c1-22(2)15(23)11-5-9(17)8-18-14(11)29(25,26)21-16(24)20-12-6-10(27-3)7-13(19-12)28-4/h5-8H,1-4H3,(H2,19,20,21,24). The summed E-state index contributed by atoms with van der Waals surface area (Å²) in [5.41, 5.74) is -0.288. The van der Waals surface area contributed by atoms with E-state index in [2.05, 4.69) is 15.3 Å². The number of anilines is 1. The van der Waals surface area contributed by atoms with E-state index in [-0.39, 0.29) is 22.3 Å². The third-order valence-electron chi connectivity index (χ3n) is 3.40. The highest BCUT2D eigenvalue weighted by Gasteiger charge is 2.27. The van der Waals surface area contributed by atoms with Crippen LogP contribution in [0.15, 0.2) is 29.4 Å². The molecular formula is C16H18ClN5O6S. The lowest BCUT2D eigenvalue weighted by Gasteiger charge is -2.14. The highest BCUT2D eigenvalue weighted by molar-refractivity contribution is 7.90. The van der Waals surface area contributed by atoms with Gasteiger partial charge in [0.25, 0.3) is 15.9 Å². The number of sulfonamides is 1. The van der Waals surface area contributed by atoms with E-state index in [4.69, 9.17) is 21.1 Å². The molecule has 2 aromatic heterocycles. The van der Waals surface area contributed by atoms with Crippen molar-refractivity contribution in [2.24, 2.45) is 0 Å². The molecule has 0 bridgehead atoms. The SMILES string of the molecule is COc1cc(NC(=O)NS(=O)(=O)c2ncc(Cl)cc2C(=O)N(C)C)nc(OC)c1. The molecular weight excluding hydrogens is 426 g/mol. The second kappa shape index (κ2) is 8.92. The largest absolute Gasteiger partial charge is 0.496 e. The molecule has 156 valence electrons. The number of carbonyl (C=O) groups is 2. The summed E-state index contributed by atoms with van der Waals surface area (Å²) in [5, 5.41) is 1.67. The van der Waals surface area contributed by atoms with E-state index in [0.717, 1.165) is 17.2 Å². The fraction of sp³-hybridized carbons (Fsp3) is 0.250. The van der Waals surface area contributed by atoms with Crippen molar-refractivity contribution < 1.29 is 27.5 Å². The molecule has 0 spiro atoms. The first-order valence-corrected chi connectivity index (χ1v) is 9.74. The Morgan fingerprint density at radius 1 is 1.14 bits per heavy atom. The molecule has 0 unspecified atom stereocenters. The van der Waals surface area contributed by atoms with Gasteiger partial charge in [0.1, 0.15) is 11.6 Å². The van der Waals surface area contributed by atoms with Crippen molar-refractivity contribution in [2.45, 2.75) is 5.03 Å². The molecule has 29 heavy (non-hydrogen) atoms. The first-order valence-electron chi connectivity index (χ1n) is 7.88. The Kier molecular flexibility index (Phi) is 6.82. The van der Waals surface area contributed by atoms with Crippen molar-refractivity contribution in [1.29, 1.82) is 0 Å². The number of nitrogens with one attached hydrogen (secondary N) is 2. The van der Waals surface area contributed by atoms with E-state index >= 15 is 0 Å². The molecule has 0 saturated carbocycles. The molecule has 2 N–H and O–H groups in total. The molecule has 0 radical (unpaired) electrons. The highest BCUT2D eigenvalue weighted by atomic mass is 35.5. The molecule has 0 aliphatic carbocycles. The molecule has 0 atom stereocenters. The predicted octanol–water partition coefficient (Wildman–Crippen LogP) is 1.36. The fourth-order valence-electron chi connectivity index (χ4n) is 2.12. The minimum absolute atomic E-state index is 0.0254. The number of hydrogen-bond acceptors (Lipinski definition) is 8. The number of rotatable bonds is 6. The van der Waals surface area contributed by atoms with Crippen LogP contribution in [0.2, 0.25) is 5.02 Å². The van der Waals surface area contributed by atoms with Gasteiger partial charge in [-0.25, -0.2) is 14.5 Å². The number of halogens is 1. The van der Waals surface area contributed by atoms with E-state index in [0.29, 0.717) is 5.75 Å². The van der Waals surface area contributed by atoms with Crippen LogP contribution in [0.25, 0.3) is 0 Å². The van der Waals surface area contributed by atoms with E-state index in [1.165, 1.54) is 40.4 Å². The van der Waals surface area contributed by atoms with E-state index in [1.54, 1.807) is 4.72 Å². The zero-order valence-corrected chi connectivity index (χ0v) is 17.5. The molecule has 0 aromatic carbocycles. The molecule has 2 heterocycles. The van der Waals surface area contributed by atoms with Gasteiger partial charge in [0.05, 0.1) is 24.8 Å². The third kappa shape index (κ3) is 5.45. The summed E-state index contributed by atoms with van der Waals surface area (Å²) in [6, 6.07) is 2.85. The van der Waals surface area contributed by atoms with Crippen LogP contribution in [0.3, 0.4) is 0 Å². The van der Waals surface area contributed by atoms with Crippen molar-refractivity contribution >= 4 is 39.4 Å². The van der Waals surface area contributed by atoms with Crippen LogP contribution in [-0.2, 0) is 10.0 Å². The van der Waals surface area contributed by atoms with E-state index in [9.17, 15) is 18.0 Å². The zero-order chi connectivity index (χ0) is 21.8. The van der Waals surface area contributed by atoms with Crippen LogP contribution in [0.4, 0.5) is 10.6 Å². The van der Waals surface area contributed by atoms with Gasteiger partial charge in [0, 0.05) is 32.4 Å². The molecule has 2 aromatic rings. The molecule has 11 nitrogen and oxygen atoms in total. The third-order valence-corrected chi connectivity index (χ3v) is 4.89. The number of hydrogen-bond donors (Lipinski definition) is 2. The minimum Gasteiger partial charge on any atom is -0.496 e. The predicted molar refractivity (Wildman–Crippen MR) is 104 cm³/mol. The van der Waals surface area contributed by atoms with Gasteiger partial charge in [-0.05, 0) is 6.07 Å². The number of carbonyl (C=O) groups excluding carboxylic acids is 2. The van der Waals surface area contributed by atoms with Gasteiger partial charge in [-0.1, -0.05) is 11.6 Å². The Balaban J connectivity index is 2.30. The topological polar surface area (TPSA) is 140 Å². The fourth-order valence-corrected chi connectivity index (χ4v) is 3.29. The maximum absolute atomic E-state index is 12.6. The number of nitrogens with zero attached hydrogens (tertiary/aromatic N) is 3. The maximum atomic E-state index is 12.6. The normalized spacial score (nSPS) is 10.8. The van der Waals surface area contributed by atoms with Crippen molar-refractivity contribution in [1.82, 2.24) is 19.6 Å². The lowest BCUT2D eigenvalue weighted by Crippen LogP contribution is -2.36. The van der Waals surface area contributed by atoms with E-state index < -0.39 is 27.0 Å². The van der Waals surface area contributed by atoms with Crippen LogP contribution >= 0.6 is 11.6 Å². The lowest BCUT2D eigenvalue weighted by molar-refractivity contribution is 0.0823. The second-order valence-electron chi connectivity index (χ2n) is 5.70. The van der Waals surface area contributed by atoms with Gasteiger partial charge < -0.3 is 14.4 Å². The number of amides is 3. The summed E-state index contributed by atoms with van der Waals surface area (Å²) in [4.78, 5) is 33.3. The van der Waals surface area contributed by atoms with Crippen molar-refractivity contribution in [3.8, 4) is 11.6 Å². The Morgan fingerprint density at radius 2 is 1.83 bits per heavy atom. The first-order chi connectivity index (χ1) is 13.6. The van der Waals surface area contributed by atoms with Gasteiger partial charge in [-0.2, -0.15) is 13.4 Å². The second-order valence-corrected chi connectivity index (χ2v) is 7.73. The number of pyridine rings is 2. The van der Waals surface area contributed by atoms with Gasteiger partial charge in [-0.15, -0.1) is 0 Å². The summed E-state index contributed by atoms with van der Waals surface area (Å²) in [6.45, 7) is 0. The molecule has 13 heteroatoms. The monoisotopic (exact) mass is 443 g/mol. The van der Waals surface area contributed by atoms with Crippen LogP contribution in [0, 0.1) is 0 Å². The number of aromatic nitrogens is 2. The quantitative estimate of drug-likeness (QED) is 0.681. The summed E-state index contributed by atoms with van der Waals surface area (Å²) < 4.78 is 37.0. The summed E-state index contributed by atoms with van der Waals surface area (Å²) in [5.74, 6) is -0.212. The Hall–Kier alpha value is -3.12. The van der Waals surface area contributed by atoms with Crippen LogP contribution in [-0.4, -0.2) is 63.5 Å². The number of ether oxygens (including phenoxy) is 2. The summed E-state index contributed by atoms with van der Waals surface area (Å²) in [7, 11) is 1.13. The van der Waals surface area contributed by atoms with Crippen LogP contribution in [0.5, 0.6) is 11.6 Å². The van der Waals surface area contributed by atoms with Gasteiger partial charge >= 0.3 is 6.03 Å². The highest BCUT2D eigenvalue weighted by Crippen LogP contribution is 2.22. The molecule has 0 saturated heterocycles. The molecule has 3 amide bonds. The van der Waals surface area contributed by atoms with Gasteiger partial charge in [-0.3, -0.25) is 10.1 Å². The lowest BCUT2D eigenvalue weighted by atomic mass is 10.2. The minimum atomic E-state index is -4.51. The van der Waals surface area contributed by atoms with Gasteiger partial charge in [0.2, 0.25) is 5.88 Å².